The predicted molar refractivity (Wildman–Crippen MR) is 74.0 cm³/mol. The van der Waals surface area contributed by atoms with Gasteiger partial charge in [0, 0.05) is 19.5 Å². The third kappa shape index (κ3) is 3.10. The third-order valence-corrected chi connectivity index (χ3v) is 4.20. The first-order chi connectivity index (χ1) is 9.24. The molecule has 0 spiro atoms. The molecule has 0 N–H and O–H groups in total. The standard InChI is InChI=1S/C15H18ClNO2/c16-12-9-14-13(19-14)7-4-8-17(15(12)18)10-11-5-2-1-3-6-11/h1-3,5-6,12-14H,4,7-10H2/t12-,13+,14+/m0/s1. The second-order valence-electron chi connectivity index (χ2n) is 5.30. The predicted octanol–water partition coefficient (Wildman–Crippen LogP) is 2.57. The van der Waals surface area contributed by atoms with Gasteiger partial charge in [-0.15, -0.1) is 11.6 Å². The van der Waals surface area contributed by atoms with Crippen LogP contribution >= 0.6 is 11.6 Å². The van der Waals surface area contributed by atoms with Crippen LogP contribution in [0.1, 0.15) is 24.8 Å². The molecule has 19 heavy (non-hydrogen) atoms. The molecule has 2 aliphatic rings. The summed E-state index contributed by atoms with van der Waals surface area (Å²) in [5.41, 5.74) is 1.15. The van der Waals surface area contributed by atoms with Crippen LogP contribution in [0.25, 0.3) is 0 Å². The van der Waals surface area contributed by atoms with Gasteiger partial charge in [0.2, 0.25) is 5.91 Å². The first-order valence-electron chi connectivity index (χ1n) is 6.86. The minimum atomic E-state index is -0.447. The van der Waals surface area contributed by atoms with Gasteiger partial charge >= 0.3 is 0 Å². The summed E-state index contributed by atoms with van der Waals surface area (Å²) in [5.74, 6) is 0.0432. The van der Waals surface area contributed by atoms with Gasteiger partial charge in [0.25, 0.3) is 0 Å². The minimum Gasteiger partial charge on any atom is -0.370 e. The number of halogens is 1. The first-order valence-corrected chi connectivity index (χ1v) is 7.30. The van der Waals surface area contributed by atoms with Crippen LogP contribution in [0, 0.1) is 0 Å². The normalized spacial score (nSPS) is 31.1. The van der Waals surface area contributed by atoms with E-state index < -0.39 is 5.38 Å². The van der Waals surface area contributed by atoms with Crippen LogP contribution in [0.5, 0.6) is 0 Å². The molecular formula is C15H18ClNO2. The molecule has 102 valence electrons. The van der Waals surface area contributed by atoms with Crippen LogP contribution in [-0.2, 0) is 16.1 Å². The smallest absolute Gasteiger partial charge is 0.241 e. The van der Waals surface area contributed by atoms with Crippen molar-refractivity contribution in [2.75, 3.05) is 6.54 Å². The van der Waals surface area contributed by atoms with Crippen LogP contribution in [0.15, 0.2) is 30.3 Å². The molecule has 0 aromatic heterocycles. The van der Waals surface area contributed by atoms with Gasteiger partial charge < -0.3 is 9.64 Å². The van der Waals surface area contributed by atoms with Crippen LogP contribution in [0.2, 0.25) is 0 Å². The molecule has 0 aliphatic carbocycles. The Morgan fingerprint density at radius 3 is 2.84 bits per heavy atom. The number of carbonyl (C=O) groups excluding carboxylic acids is 1. The second-order valence-corrected chi connectivity index (χ2v) is 5.83. The third-order valence-electron chi connectivity index (χ3n) is 3.84. The maximum absolute atomic E-state index is 12.4. The number of ether oxygens (including phenoxy) is 1. The zero-order chi connectivity index (χ0) is 13.2. The Balaban J connectivity index is 1.69. The molecule has 1 aromatic rings. The Hall–Kier alpha value is -1.06. The summed E-state index contributed by atoms with van der Waals surface area (Å²) in [5, 5.41) is -0.447. The molecule has 2 aliphatic heterocycles. The lowest BCUT2D eigenvalue weighted by atomic mass is 10.1. The average Bonchev–Trinajstić information content (AvgIpc) is 3.15. The molecule has 1 aromatic carbocycles. The Kier molecular flexibility index (Phi) is 3.76. The van der Waals surface area contributed by atoms with Gasteiger partial charge in [-0.1, -0.05) is 30.3 Å². The molecule has 1 amide bonds. The summed E-state index contributed by atoms with van der Waals surface area (Å²) in [6, 6.07) is 10.1. The number of amides is 1. The lowest BCUT2D eigenvalue weighted by Gasteiger charge is -2.24. The van der Waals surface area contributed by atoms with Crippen molar-refractivity contribution in [3.05, 3.63) is 35.9 Å². The van der Waals surface area contributed by atoms with Crippen molar-refractivity contribution in [1.82, 2.24) is 4.90 Å². The van der Waals surface area contributed by atoms with E-state index in [1.807, 2.05) is 35.2 Å². The molecule has 3 rings (SSSR count). The van der Waals surface area contributed by atoms with Gasteiger partial charge in [-0.25, -0.2) is 0 Å². The van der Waals surface area contributed by atoms with Crippen LogP contribution in [0.4, 0.5) is 0 Å². The van der Waals surface area contributed by atoms with Crippen molar-refractivity contribution in [3.8, 4) is 0 Å². The number of epoxide rings is 1. The van der Waals surface area contributed by atoms with E-state index in [1.165, 1.54) is 0 Å². The van der Waals surface area contributed by atoms with E-state index in [0.717, 1.165) is 24.9 Å². The monoisotopic (exact) mass is 279 g/mol. The van der Waals surface area contributed by atoms with Crippen LogP contribution < -0.4 is 0 Å². The van der Waals surface area contributed by atoms with Gasteiger partial charge in [-0.05, 0) is 18.4 Å². The highest BCUT2D eigenvalue weighted by molar-refractivity contribution is 6.30. The molecule has 0 bridgehead atoms. The van der Waals surface area contributed by atoms with E-state index in [2.05, 4.69) is 0 Å². The summed E-state index contributed by atoms with van der Waals surface area (Å²) >= 11 is 6.23. The quantitative estimate of drug-likeness (QED) is 0.616. The zero-order valence-corrected chi connectivity index (χ0v) is 11.6. The number of carbonyl (C=O) groups is 1. The van der Waals surface area contributed by atoms with Gasteiger partial charge in [-0.3, -0.25) is 4.79 Å². The summed E-state index contributed by atoms with van der Waals surface area (Å²) in [7, 11) is 0. The minimum absolute atomic E-state index is 0.0432. The fraction of sp³-hybridized carbons (Fsp3) is 0.533. The Morgan fingerprint density at radius 2 is 2.05 bits per heavy atom. The summed E-state index contributed by atoms with van der Waals surface area (Å²) < 4.78 is 5.51. The SMILES string of the molecule is O=C1[C@@H](Cl)C[C@H]2O[C@@H]2CCCN1Cc1ccccc1. The number of fused-ring (bicyclic) bond motifs is 1. The topological polar surface area (TPSA) is 32.8 Å². The molecular weight excluding hydrogens is 262 g/mol. The molecule has 3 atom stereocenters. The lowest BCUT2D eigenvalue weighted by molar-refractivity contribution is -0.131. The van der Waals surface area contributed by atoms with E-state index in [0.29, 0.717) is 19.1 Å². The van der Waals surface area contributed by atoms with Crippen LogP contribution in [0.3, 0.4) is 0 Å². The lowest BCUT2D eigenvalue weighted by Crippen LogP contribution is -2.37. The maximum Gasteiger partial charge on any atom is 0.241 e. The summed E-state index contributed by atoms with van der Waals surface area (Å²) in [4.78, 5) is 14.2. The van der Waals surface area contributed by atoms with Crippen molar-refractivity contribution in [2.45, 2.75) is 43.4 Å². The van der Waals surface area contributed by atoms with Gasteiger partial charge in [0.05, 0.1) is 12.2 Å². The molecule has 2 saturated heterocycles. The summed E-state index contributed by atoms with van der Waals surface area (Å²) in [6.07, 6.45) is 3.22. The zero-order valence-electron chi connectivity index (χ0n) is 10.8. The molecule has 3 nitrogen and oxygen atoms in total. The van der Waals surface area contributed by atoms with Crippen molar-refractivity contribution in [1.29, 1.82) is 0 Å². The van der Waals surface area contributed by atoms with Gasteiger partial charge in [-0.2, -0.15) is 0 Å². The summed E-state index contributed by atoms with van der Waals surface area (Å²) in [6.45, 7) is 1.42. The number of hydrogen-bond acceptors (Lipinski definition) is 2. The maximum atomic E-state index is 12.4. The van der Waals surface area contributed by atoms with E-state index in [4.69, 9.17) is 16.3 Å². The molecule has 0 saturated carbocycles. The van der Waals surface area contributed by atoms with Crippen molar-refractivity contribution in [3.63, 3.8) is 0 Å². The Bertz CT molecular complexity index is 451. The van der Waals surface area contributed by atoms with Crippen molar-refractivity contribution < 1.29 is 9.53 Å². The van der Waals surface area contributed by atoms with Crippen molar-refractivity contribution >= 4 is 17.5 Å². The molecule has 2 heterocycles. The van der Waals surface area contributed by atoms with E-state index in [1.54, 1.807) is 0 Å². The van der Waals surface area contributed by atoms with Gasteiger partial charge in [0.15, 0.2) is 0 Å². The number of benzene rings is 1. The molecule has 4 heteroatoms. The molecule has 0 unspecified atom stereocenters. The fourth-order valence-corrected chi connectivity index (χ4v) is 3.01. The fourth-order valence-electron chi connectivity index (χ4n) is 2.70. The largest absolute Gasteiger partial charge is 0.370 e. The highest BCUT2D eigenvalue weighted by Gasteiger charge is 2.42. The number of nitrogens with zero attached hydrogens (tertiary/aromatic N) is 1. The van der Waals surface area contributed by atoms with E-state index >= 15 is 0 Å². The Morgan fingerprint density at radius 1 is 1.26 bits per heavy atom. The number of alkyl halides is 1. The highest BCUT2D eigenvalue weighted by Crippen LogP contribution is 2.33. The van der Waals surface area contributed by atoms with Crippen molar-refractivity contribution in [2.24, 2.45) is 0 Å². The number of hydrogen-bond donors (Lipinski definition) is 0. The highest BCUT2D eigenvalue weighted by atomic mass is 35.5. The average molecular weight is 280 g/mol. The Labute approximate surface area is 118 Å². The second kappa shape index (κ2) is 5.51. The van der Waals surface area contributed by atoms with E-state index in [9.17, 15) is 4.79 Å². The molecule has 2 fully saturated rings. The van der Waals surface area contributed by atoms with Crippen LogP contribution in [-0.4, -0.2) is 34.9 Å². The van der Waals surface area contributed by atoms with E-state index in [-0.39, 0.29) is 12.0 Å². The first kappa shape index (κ1) is 12.9. The van der Waals surface area contributed by atoms with Gasteiger partial charge in [0.1, 0.15) is 5.38 Å². The number of rotatable bonds is 2. The molecule has 0 radical (unpaired) electrons.